The Morgan fingerprint density at radius 2 is 1.19 bits per heavy atom. The van der Waals surface area contributed by atoms with Gasteiger partial charge >= 0.3 is 0 Å². The van der Waals surface area contributed by atoms with E-state index >= 15 is 0 Å². The summed E-state index contributed by atoms with van der Waals surface area (Å²) in [6, 6.07) is 22.3. The molecule has 0 saturated heterocycles. The largest absolute Gasteiger partial charge is 0.256 e. The minimum Gasteiger partial charge on any atom is -0.256 e. The predicted octanol–water partition coefficient (Wildman–Crippen LogP) is 6.83. The molecule has 140 valence electrons. The molecule has 0 radical (unpaired) electrons. The van der Waals surface area contributed by atoms with Gasteiger partial charge in [0.05, 0.1) is 5.69 Å². The normalized spacial score (nSPS) is 10.9. The SMILES string of the molecule is CCCCCc1ccc(CCc2ccc(-c3ccc(CC)cc3)nc2)cc1. The Morgan fingerprint density at radius 1 is 0.593 bits per heavy atom. The monoisotopic (exact) mass is 357 g/mol. The number of aryl methyl sites for hydroxylation is 4. The average molecular weight is 358 g/mol. The molecule has 1 heteroatoms. The van der Waals surface area contributed by atoms with E-state index in [1.165, 1.54) is 53.5 Å². The summed E-state index contributed by atoms with van der Waals surface area (Å²) in [6.07, 6.45) is 10.3. The molecule has 0 aliphatic carbocycles. The lowest BCUT2D eigenvalue weighted by Gasteiger charge is -2.06. The van der Waals surface area contributed by atoms with Crippen LogP contribution in [-0.2, 0) is 25.7 Å². The van der Waals surface area contributed by atoms with Crippen LogP contribution in [0.3, 0.4) is 0 Å². The van der Waals surface area contributed by atoms with Gasteiger partial charge in [-0.05, 0) is 60.4 Å². The molecule has 1 heterocycles. The van der Waals surface area contributed by atoms with Crippen LogP contribution in [0.4, 0.5) is 0 Å². The Hall–Kier alpha value is -2.41. The van der Waals surface area contributed by atoms with E-state index in [4.69, 9.17) is 0 Å². The summed E-state index contributed by atoms with van der Waals surface area (Å²) in [5.41, 5.74) is 7.79. The molecule has 0 spiro atoms. The summed E-state index contributed by atoms with van der Waals surface area (Å²) < 4.78 is 0. The molecule has 0 fully saturated rings. The third kappa shape index (κ3) is 5.79. The van der Waals surface area contributed by atoms with Crippen molar-refractivity contribution in [3.63, 3.8) is 0 Å². The molecule has 1 nitrogen and oxygen atoms in total. The quantitative estimate of drug-likeness (QED) is 0.382. The summed E-state index contributed by atoms with van der Waals surface area (Å²) in [4.78, 5) is 4.67. The van der Waals surface area contributed by atoms with Crippen molar-refractivity contribution in [2.75, 3.05) is 0 Å². The van der Waals surface area contributed by atoms with E-state index in [1.54, 1.807) is 0 Å². The van der Waals surface area contributed by atoms with Crippen molar-refractivity contribution in [3.8, 4) is 11.3 Å². The highest BCUT2D eigenvalue weighted by Gasteiger charge is 2.02. The Kier molecular flexibility index (Phi) is 7.21. The van der Waals surface area contributed by atoms with Crippen LogP contribution >= 0.6 is 0 Å². The first-order valence-electron chi connectivity index (χ1n) is 10.4. The number of nitrogens with zero attached hydrogens (tertiary/aromatic N) is 1. The lowest BCUT2D eigenvalue weighted by Crippen LogP contribution is -1.94. The molecule has 0 aliphatic rings. The summed E-state index contributed by atoms with van der Waals surface area (Å²) in [6.45, 7) is 4.44. The number of pyridine rings is 1. The molecule has 1 aromatic heterocycles. The van der Waals surface area contributed by atoms with Crippen molar-refractivity contribution in [1.82, 2.24) is 4.98 Å². The minimum absolute atomic E-state index is 1.04. The van der Waals surface area contributed by atoms with Crippen LogP contribution in [-0.4, -0.2) is 4.98 Å². The van der Waals surface area contributed by atoms with Crippen molar-refractivity contribution in [2.45, 2.75) is 58.8 Å². The van der Waals surface area contributed by atoms with Crippen LogP contribution in [0, 0.1) is 0 Å². The van der Waals surface area contributed by atoms with E-state index in [-0.39, 0.29) is 0 Å². The zero-order valence-corrected chi connectivity index (χ0v) is 16.7. The zero-order valence-electron chi connectivity index (χ0n) is 16.7. The molecule has 0 bridgehead atoms. The number of hydrogen-bond donors (Lipinski definition) is 0. The summed E-state index contributed by atoms with van der Waals surface area (Å²) in [5, 5.41) is 0. The van der Waals surface area contributed by atoms with E-state index in [0.717, 1.165) is 25.0 Å². The van der Waals surface area contributed by atoms with E-state index in [0.29, 0.717) is 0 Å². The summed E-state index contributed by atoms with van der Waals surface area (Å²) >= 11 is 0. The molecule has 0 unspecified atom stereocenters. The van der Waals surface area contributed by atoms with Gasteiger partial charge in [-0.3, -0.25) is 4.98 Å². The summed E-state index contributed by atoms with van der Waals surface area (Å²) in [5.74, 6) is 0. The Bertz CT molecular complexity index is 798. The highest BCUT2D eigenvalue weighted by atomic mass is 14.7. The van der Waals surface area contributed by atoms with E-state index in [1.807, 2.05) is 6.20 Å². The molecular weight excluding hydrogens is 326 g/mol. The van der Waals surface area contributed by atoms with E-state index in [9.17, 15) is 0 Å². The van der Waals surface area contributed by atoms with Gasteiger partial charge in [-0.1, -0.05) is 81.3 Å². The smallest absolute Gasteiger partial charge is 0.0702 e. The zero-order chi connectivity index (χ0) is 18.9. The van der Waals surface area contributed by atoms with Gasteiger partial charge in [-0.15, -0.1) is 0 Å². The van der Waals surface area contributed by atoms with Crippen molar-refractivity contribution in [3.05, 3.63) is 89.1 Å². The maximum atomic E-state index is 4.67. The number of rotatable bonds is 9. The van der Waals surface area contributed by atoms with Crippen LogP contribution in [0.25, 0.3) is 11.3 Å². The molecule has 0 aliphatic heterocycles. The second-order valence-electron chi connectivity index (χ2n) is 7.38. The van der Waals surface area contributed by atoms with Crippen molar-refractivity contribution >= 4 is 0 Å². The lowest BCUT2D eigenvalue weighted by atomic mass is 10.0. The number of hydrogen-bond acceptors (Lipinski definition) is 1. The van der Waals surface area contributed by atoms with Crippen molar-refractivity contribution < 1.29 is 0 Å². The van der Waals surface area contributed by atoms with Gasteiger partial charge in [-0.2, -0.15) is 0 Å². The Balaban J connectivity index is 1.53. The fraction of sp³-hybridized carbons (Fsp3) is 0.346. The molecule has 0 amide bonds. The third-order valence-electron chi connectivity index (χ3n) is 5.28. The fourth-order valence-corrected chi connectivity index (χ4v) is 3.39. The molecule has 3 aromatic rings. The molecule has 2 aromatic carbocycles. The standard InChI is InChI=1S/C26H31N/c1-3-5-6-7-22-8-10-23(11-9-22)12-13-24-16-19-26(27-20-24)25-17-14-21(4-2)15-18-25/h8-11,14-20H,3-7,12-13H2,1-2H3. The maximum Gasteiger partial charge on any atom is 0.0702 e. The molecular formula is C26H31N. The van der Waals surface area contributed by atoms with Gasteiger partial charge in [0, 0.05) is 11.8 Å². The van der Waals surface area contributed by atoms with Crippen LogP contribution in [0.1, 0.15) is 55.4 Å². The summed E-state index contributed by atoms with van der Waals surface area (Å²) in [7, 11) is 0. The molecule has 0 saturated carbocycles. The van der Waals surface area contributed by atoms with Crippen LogP contribution in [0.2, 0.25) is 0 Å². The van der Waals surface area contributed by atoms with Crippen molar-refractivity contribution in [1.29, 1.82) is 0 Å². The molecule has 27 heavy (non-hydrogen) atoms. The number of aromatic nitrogens is 1. The third-order valence-corrected chi connectivity index (χ3v) is 5.28. The van der Waals surface area contributed by atoms with Crippen molar-refractivity contribution in [2.24, 2.45) is 0 Å². The van der Waals surface area contributed by atoms with E-state index < -0.39 is 0 Å². The number of unbranched alkanes of at least 4 members (excludes halogenated alkanes) is 2. The van der Waals surface area contributed by atoms with Crippen LogP contribution < -0.4 is 0 Å². The molecule has 3 rings (SSSR count). The van der Waals surface area contributed by atoms with Gasteiger partial charge in [0.25, 0.3) is 0 Å². The second kappa shape index (κ2) is 10.1. The highest BCUT2D eigenvalue weighted by Crippen LogP contribution is 2.19. The van der Waals surface area contributed by atoms with Gasteiger partial charge < -0.3 is 0 Å². The molecule has 0 atom stereocenters. The van der Waals surface area contributed by atoms with Gasteiger partial charge in [0.2, 0.25) is 0 Å². The van der Waals surface area contributed by atoms with Crippen LogP contribution in [0.5, 0.6) is 0 Å². The van der Waals surface area contributed by atoms with E-state index in [2.05, 4.69) is 79.5 Å². The predicted molar refractivity (Wildman–Crippen MR) is 116 cm³/mol. The topological polar surface area (TPSA) is 12.9 Å². The lowest BCUT2D eigenvalue weighted by molar-refractivity contribution is 0.717. The fourth-order valence-electron chi connectivity index (χ4n) is 3.39. The first-order chi connectivity index (χ1) is 13.3. The average Bonchev–Trinajstić information content (AvgIpc) is 2.74. The van der Waals surface area contributed by atoms with Gasteiger partial charge in [0.15, 0.2) is 0 Å². The van der Waals surface area contributed by atoms with Crippen LogP contribution in [0.15, 0.2) is 66.9 Å². The Labute approximate surface area is 164 Å². The first kappa shape index (κ1) is 19.4. The van der Waals surface area contributed by atoms with Gasteiger partial charge in [0.1, 0.15) is 0 Å². The highest BCUT2D eigenvalue weighted by molar-refractivity contribution is 5.59. The van der Waals surface area contributed by atoms with Gasteiger partial charge in [-0.25, -0.2) is 0 Å². The Morgan fingerprint density at radius 3 is 1.78 bits per heavy atom. The maximum absolute atomic E-state index is 4.67. The first-order valence-corrected chi connectivity index (χ1v) is 10.4. The minimum atomic E-state index is 1.04. The number of benzene rings is 2. The second-order valence-corrected chi connectivity index (χ2v) is 7.38. The molecule has 0 N–H and O–H groups in total.